The molecule has 0 saturated carbocycles. The number of nitrogens with zero attached hydrogens (tertiary/aromatic N) is 1. The van der Waals surface area contributed by atoms with Gasteiger partial charge in [0, 0.05) is 18.1 Å². The van der Waals surface area contributed by atoms with Gasteiger partial charge in [-0.05, 0) is 41.8 Å². The van der Waals surface area contributed by atoms with E-state index in [1.807, 2.05) is 6.20 Å². The molecule has 1 aromatic carbocycles. The minimum absolute atomic E-state index is 0.686. The Morgan fingerprint density at radius 2 is 2.06 bits per heavy atom. The maximum Gasteiger partial charge on any atom is 0.133 e. The fraction of sp³-hybridized carbons (Fsp3) is 0.438. The number of nitrogens with one attached hydrogen (secondary N) is 1. The Bertz CT molecular complexity index is 517. The quantitative estimate of drug-likeness (QED) is 0.847. The van der Waals surface area contributed by atoms with Crippen LogP contribution in [0.1, 0.15) is 32.8 Å². The number of hydrogen-bond donors (Lipinski definition) is 1. The Kier molecular flexibility index (Phi) is 4.19. The number of anilines is 1. The molecule has 1 heterocycles. The van der Waals surface area contributed by atoms with Crippen molar-refractivity contribution in [1.29, 1.82) is 0 Å². The van der Waals surface area contributed by atoms with Crippen LogP contribution in [0.4, 0.5) is 5.82 Å². The summed E-state index contributed by atoms with van der Waals surface area (Å²) >= 11 is 0. The molecule has 96 valence electrons. The van der Waals surface area contributed by atoms with Crippen molar-refractivity contribution in [1.82, 2.24) is 4.98 Å². The Hall–Kier alpha value is -1.57. The van der Waals surface area contributed by atoms with E-state index < -0.39 is 0 Å². The molecule has 0 aliphatic rings. The summed E-state index contributed by atoms with van der Waals surface area (Å²) in [6.07, 6.45) is 4.12. The summed E-state index contributed by atoms with van der Waals surface area (Å²) in [5.74, 6) is 1.70. The fourth-order valence-electron chi connectivity index (χ4n) is 2.20. The van der Waals surface area contributed by atoms with Crippen molar-refractivity contribution in [3.05, 3.63) is 36.0 Å². The second kappa shape index (κ2) is 5.85. The van der Waals surface area contributed by atoms with Gasteiger partial charge >= 0.3 is 0 Å². The van der Waals surface area contributed by atoms with Crippen LogP contribution in [0.3, 0.4) is 0 Å². The average molecular weight is 242 g/mol. The van der Waals surface area contributed by atoms with Crippen LogP contribution in [0.5, 0.6) is 0 Å². The molecule has 0 bridgehead atoms. The van der Waals surface area contributed by atoms with Gasteiger partial charge in [0.25, 0.3) is 0 Å². The van der Waals surface area contributed by atoms with Crippen molar-refractivity contribution in [3.8, 4) is 0 Å². The zero-order valence-corrected chi connectivity index (χ0v) is 11.5. The molecular weight excluding hydrogens is 220 g/mol. The Morgan fingerprint density at radius 3 is 2.78 bits per heavy atom. The molecule has 2 heteroatoms. The van der Waals surface area contributed by atoms with Crippen LogP contribution in [-0.2, 0) is 6.42 Å². The van der Waals surface area contributed by atoms with Gasteiger partial charge in [0.1, 0.15) is 5.82 Å². The lowest BCUT2D eigenvalue weighted by Gasteiger charge is -2.10. The second-order valence-corrected chi connectivity index (χ2v) is 5.24. The number of pyridine rings is 1. The smallest absolute Gasteiger partial charge is 0.133 e. The monoisotopic (exact) mass is 242 g/mol. The van der Waals surface area contributed by atoms with E-state index in [9.17, 15) is 0 Å². The van der Waals surface area contributed by atoms with Gasteiger partial charge in [0.05, 0.1) is 0 Å². The van der Waals surface area contributed by atoms with Gasteiger partial charge in [-0.15, -0.1) is 0 Å². The molecule has 0 amide bonds. The lowest BCUT2D eigenvalue weighted by atomic mass is 10.00. The minimum Gasteiger partial charge on any atom is -0.370 e. The summed E-state index contributed by atoms with van der Waals surface area (Å²) in [6.45, 7) is 7.65. The third-order valence-electron chi connectivity index (χ3n) is 3.02. The summed E-state index contributed by atoms with van der Waals surface area (Å²) in [5, 5.41) is 5.91. The molecule has 18 heavy (non-hydrogen) atoms. The van der Waals surface area contributed by atoms with Crippen molar-refractivity contribution in [3.63, 3.8) is 0 Å². The molecule has 2 rings (SSSR count). The summed E-state index contributed by atoms with van der Waals surface area (Å²) < 4.78 is 0. The van der Waals surface area contributed by atoms with E-state index in [4.69, 9.17) is 0 Å². The summed E-state index contributed by atoms with van der Waals surface area (Å²) in [4.78, 5) is 4.45. The molecule has 0 saturated heterocycles. The van der Waals surface area contributed by atoms with Crippen molar-refractivity contribution in [2.75, 3.05) is 11.9 Å². The van der Waals surface area contributed by atoms with Gasteiger partial charge in [0.15, 0.2) is 0 Å². The highest BCUT2D eigenvalue weighted by atomic mass is 15.0. The minimum atomic E-state index is 0.686. The summed E-state index contributed by atoms with van der Waals surface area (Å²) in [5.41, 5.74) is 1.39. The third-order valence-corrected chi connectivity index (χ3v) is 3.02. The highest BCUT2D eigenvalue weighted by Gasteiger charge is 2.04. The molecule has 0 aliphatic heterocycles. The van der Waals surface area contributed by atoms with Crippen LogP contribution in [0.15, 0.2) is 30.5 Å². The molecule has 0 aliphatic carbocycles. The Labute approximate surface area is 109 Å². The molecule has 0 atom stereocenters. The SMILES string of the molecule is CCCNc1nccc2ccc(CC(C)C)cc12. The van der Waals surface area contributed by atoms with Gasteiger partial charge in [-0.2, -0.15) is 0 Å². The molecule has 0 fully saturated rings. The van der Waals surface area contributed by atoms with Crippen molar-refractivity contribution < 1.29 is 0 Å². The Balaban J connectivity index is 2.38. The first kappa shape index (κ1) is 12.9. The van der Waals surface area contributed by atoms with Crippen LogP contribution >= 0.6 is 0 Å². The van der Waals surface area contributed by atoms with Gasteiger partial charge < -0.3 is 5.32 Å². The number of rotatable bonds is 5. The van der Waals surface area contributed by atoms with Gasteiger partial charge in [0.2, 0.25) is 0 Å². The summed E-state index contributed by atoms with van der Waals surface area (Å²) in [7, 11) is 0. The molecular formula is C16H22N2. The van der Waals surface area contributed by atoms with Crippen LogP contribution in [0, 0.1) is 5.92 Å². The molecule has 0 spiro atoms. The first-order valence-corrected chi connectivity index (χ1v) is 6.82. The molecule has 1 N–H and O–H groups in total. The molecule has 2 nitrogen and oxygen atoms in total. The number of aromatic nitrogens is 1. The zero-order chi connectivity index (χ0) is 13.0. The first-order valence-electron chi connectivity index (χ1n) is 6.82. The predicted octanol–water partition coefficient (Wildman–Crippen LogP) is 4.26. The largest absolute Gasteiger partial charge is 0.370 e. The lowest BCUT2D eigenvalue weighted by Crippen LogP contribution is -2.02. The molecule has 0 radical (unpaired) electrons. The predicted molar refractivity (Wildman–Crippen MR) is 79.1 cm³/mol. The van der Waals surface area contributed by atoms with Crippen molar-refractivity contribution in [2.24, 2.45) is 5.92 Å². The van der Waals surface area contributed by atoms with Crippen LogP contribution in [-0.4, -0.2) is 11.5 Å². The number of hydrogen-bond acceptors (Lipinski definition) is 2. The lowest BCUT2D eigenvalue weighted by molar-refractivity contribution is 0.648. The molecule has 2 aromatic rings. The zero-order valence-electron chi connectivity index (χ0n) is 11.5. The number of benzene rings is 1. The summed E-state index contributed by atoms with van der Waals surface area (Å²) in [6, 6.07) is 8.78. The first-order chi connectivity index (χ1) is 8.70. The van der Waals surface area contributed by atoms with Gasteiger partial charge in [-0.25, -0.2) is 4.98 Å². The van der Waals surface area contributed by atoms with E-state index in [-0.39, 0.29) is 0 Å². The van der Waals surface area contributed by atoms with Crippen molar-refractivity contribution in [2.45, 2.75) is 33.6 Å². The third kappa shape index (κ3) is 3.00. The standard InChI is InChI=1S/C16H22N2/c1-4-8-17-16-15-11-13(10-12(2)3)5-6-14(15)7-9-18-16/h5-7,9,11-12H,4,8,10H2,1-3H3,(H,17,18). The van der Waals surface area contributed by atoms with E-state index in [2.05, 4.69) is 55.3 Å². The van der Waals surface area contributed by atoms with Crippen LogP contribution in [0.25, 0.3) is 10.8 Å². The van der Waals surface area contributed by atoms with Gasteiger partial charge in [-0.3, -0.25) is 0 Å². The molecule has 0 unspecified atom stereocenters. The van der Waals surface area contributed by atoms with Crippen LogP contribution in [0.2, 0.25) is 0 Å². The maximum atomic E-state index is 4.45. The van der Waals surface area contributed by atoms with Gasteiger partial charge in [-0.1, -0.05) is 32.9 Å². The topological polar surface area (TPSA) is 24.9 Å². The number of fused-ring (bicyclic) bond motifs is 1. The maximum absolute atomic E-state index is 4.45. The highest BCUT2D eigenvalue weighted by molar-refractivity contribution is 5.92. The average Bonchev–Trinajstić information content (AvgIpc) is 2.35. The van der Waals surface area contributed by atoms with E-state index >= 15 is 0 Å². The van der Waals surface area contributed by atoms with E-state index in [0.29, 0.717) is 5.92 Å². The second-order valence-electron chi connectivity index (χ2n) is 5.24. The van der Waals surface area contributed by atoms with Crippen molar-refractivity contribution >= 4 is 16.6 Å². The van der Waals surface area contributed by atoms with Crippen LogP contribution < -0.4 is 5.32 Å². The highest BCUT2D eigenvalue weighted by Crippen LogP contribution is 2.23. The molecule has 1 aromatic heterocycles. The fourth-order valence-corrected chi connectivity index (χ4v) is 2.20. The van der Waals surface area contributed by atoms with E-state index in [1.165, 1.54) is 16.3 Å². The van der Waals surface area contributed by atoms with E-state index in [1.54, 1.807) is 0 Å². The van der Waals surface area contributed by atoms with E-state index in [0.717, 1.165) is 25.2 Å². The normalized spacial score (nSPS) is 11.1. The Morgan fingerprint density at radius 1 is 1.22 bits per heavy atom.